The van der Waals surface area contributed by atoms with Crippen LogP contribution < -0.4 is 9.47 Å². The van der Waals surface area contributed by atoms with Crippen LogP contribution in [0.5, 0.6) is 11.5 Å². The van der Waals surface area contributed by atoms with Crippen LogP contribution in [0.15, 0.2) is 117 Å². The molecule has 0 aromatic heterocycles. The van der Waals surface area contributed by atoms with Crippen molar-refractivity contribution in [1.29, 1.82) is 0 Å². The van der Waals surface area contributed by atoms with E-state index in [4.69, 9.17) is 13.1 Å². The van der Waals surface area contributed by atoms with E-state index >= 15 is 0 Å². The molecule has 41 heavy (non-hydrogen) atoms. The number of hydrogen-bond donors (Lipinski definition) is 0. The van der Waals surface area contributed by atoms with Crippen LogP contribution in [0.25, 0.3) is 0 Å². The minimum Gasteiger partial charge on any atom is -0.488 e. The molecule has 1 N–H and O–H groups in total. The molecule has 218 valence electrons. The summed E-state index contributed by atoms with van der Waals surface area (Å²) in [5.41, 5.74) is 1.31. The van der Waals surface area contributed by atoms with E-state index in [0.29, 0.717) is 11.5 Å². The minimum atomic E-state index is -4.07. The first-order valence-electron chi connectivity index (χ1n) is 13.6. The van der Waals surface area contributed by atoms with E-state index in [2.05, 4.69) is 0 Å². The first kappa shape index (κ1) is 30.7. The standard InChI is InChI=1S/C34H40O5S2/c1-25-9-17-29(18-10-25)40(30-21-13-27(14-22-30)37-33(3,4)5,31-23-15-28(16-24-31)38-34(6,7)8)39-41(35,36)32-19-11-26(2)12-20-32/h9-24H,1-8H3/p+1. The molecule has 0 heterocycles. The van der Waals surface area contributed by atoms with Crippen molar-refractivity contribution in [2.24, 2.45) is 0 Å². The fourth-order valence-corrected chi connectivity index (χ4v) is 9.73. The fourth-order valence-electron chi connectivity index (χ4n) is 4.29. The van der Waals surface area contributed by atoms with E-state index in [9.17, 15) is 8.42 Å². The summed E-state index contributed by atoms with van der Waals surface area (Å²) in [5, 5.41) is 0. The van der Waals surface area contributed by atoms with Crippen molar-refractivity contribution in [3.8, 4) is 11.5 Å². The van der Waals surface area contributed by atoms with E-state index in [1.54, 1.807) is 24.3 Å². The lowest BCUT2D eigenvalue weighted by atomic mass is 10.2. The summed E-state index contributed by atoms with van der Waals surface area (Å²) < 4.78 is 45.2. The van der Waals surface area contributed by atoms with Gasteiger partial charge in [-0.3, -0.25) is 3.63 Å². The molecule has 7 heteroatoms. The van der Waals surface area contributed by atoms with Gasteiger partial charge in [-0.1, -0.05) is 35.4 Å². The molecule has 0 spiro atoms. The molecular weight excluding hydrogens is 553 g/mol. The molecule has 0 aliphatic rings. The van der Waals surface area contributed by atoms with E-state index in [0.717, 1.165) is 25.8 Å². The Labute approximate surface area is 247 Å². The zero-order valence-electron chi connectivity index (χ0n) is 25.1. The van der Waals surface area contributed by atoms with Gasteiger partial charge in [0.1, 0.15) is 27.6 Å². The molecule has 4 aromatic rings. The van der Waals surface area contributed by atoms with Crippen LogP contribution in [0.3, 0.4) is 0 Å². The maximum Gasteiger partial charge on any atom is 0.422 e. The van der Waals surface area contributed by atoms with Gasteiger partial charge in [0.2, 0.25) is 0 Å². The molecule has 0 fully saturated rings. The number of aryl methyl sites for hydroxylation is 2. The van der Waals surface area contributed by atoms with Gasteiger partial charge >= 0.3 is 10.1 Å². The second-order valence-electron chi connectivity index (χ2n) is 12.1. The number of benzene rings is 4. The van der Waals surface area contributed by atoms with E-state index in [1.165, 1.54) is 0 Å². The van der Waals surface area contributed by atoms with Crippen molar-refractivity contribution in [2.75, 3.05) is 0 Å². The highest BCUT2D eigenvalue weighted by Crippen LogP contribution is 2.68. The topological polar surface area (TPSA) is 65.4 Å². The van der Waals surface area contributed by atoms with Gasteiger partial charge in [0, 0.05) is 0 Å². The Bertz CT molecular complexity index is 1500. The van der Waals surface area contributed by atoms with Crippen LogP contribution in [-0.4, -0.2) is 23.2 Å². The van der Waals surface area contributed by atoms with Crippen molar-refractivity contribution in [1.82, 2.24) is 0 Å². The Morgan fingerprint density at radius 1 is 0.488 bits per heavy atom. The zero-order valence-corrected chi connectivity index (χ0v) is 26.8. The van der Waals surface area contributed by atoms with Crippen molar-refractivity contribution in [3.63, 3.8) is 0 Å². The van der Waals surface area contributed by atoms with Gasteiger partial charge in [0.15, 0.2) is 0 Å². The summed E-state index contributed by atoms with van der Waals surface area (Å²) in [6.45, 7) is 15.9. The summed E-state index contributed by atoms with van der Waals surface area (Å²) in [6, 6.07) is 30.1. The average molecular weight is 594 g/mol. The third-order valence-electron chi connectivity index (χ3n) is 6.07. The first-order chi connectivity index (χ1) is 19.1. The predicted octanol–water partition coefficient (Wildman–Crippen LogP) is 9.34. The zero-order chi connectivity index (χ0) is 30.1. The van der Waals surface area contributed by atoms with E-state index in [-0.39, 0.29) is 16.1 Å². The lowest BCUT2D eigenvalue weighted by Gasteiger charge is -2.35. The molecule has 0 saturated heterocycles. The van der Waals surface area contributed by atoms with Crippen LogP contribution in [0, 0.1) is 13.8 Å². The van der Waals surface area contributed by atoms with Crippen LogP contribution in [0.2, 0.25) is 0 Å². The average Bonchev–Trinajstić information content (AvgIpc) is 2.87. The molecule has 0 amide bonds. The summed E-state index contributed by atoms with van der Waals surface area (Å²) in [7, 11) is -6.73. The first-order valence-corrected chi connectivity index (χ1v) is 16.6. The summed E-state index contributed by atoms with van der Waals surface area (Å²) in [4.78, 5) is 2.53. The van der Waals surface area contributed by atoms with Crippen molar-refractivity contribution in [2.45, 2.75) is 86.2 Å². The Balaban J connectivity index is 1.96. The lowest BCUT2D eigenvalue weighted by Crippen LogP contribution is -2.23. The Morgan fingerprint density at radius 3 is 1.10 bits per heavy atom. The van der Waals surface area contributed by atoms with Gasteiger partial charge < -0.3 is 9.47 Å². The Morgan fingerprint density at radius 2 is 0.780 bits per heavy atom. The second-order valence-corrected chi connectivity index (χ2v) is 16.7. The van der Waals surface area contributed by atoms with Crippen molar-refractivity contribution in [3.05, 3.63) is 108 Å². The molecule has 4 aromatic carbocycles. The predicted molar refractivity (Wildman–Crippen MR) is 168 cm³/mol. The monoisotopic (exact) mass is 593 g/mol. The summed E-state index contributed by atoms with van der Waals surface area (Å²) in [6.07, 6.45) is 0. The second kappa shape index (κ2) is 11.6. The van der Waals surface area contributed by atoms with Crippen LogP contribution >= 0.6 is 10.3 Å². The van der Waals surface area contributed by atoms with E-state index in [1.807, 2.05) is 128 Å². The number of hydrogen-bond acceptors (Lipinski definition) is 4. The molecule has 0 radical (unpaired) electrons. The Hall–Kier alpha value is -3.26. The molecular formula is C34H41O5S2+. The number of rotatable bonds is 8. The van der Waals surface area contributed by atoms with Gasteiger partial charge in [0.25, 0.3) is 0 Å². The number of ether oxygens (including phenoxy) is 2. The molecule has 0 aliphatic heterocycles. The van der Waals surface area contributed by atoms with Crippen molar-refractivity contribution < 1.29 is 21.5 Å². The van der Waals surface area contributed by atoms with E-state index < -0.39 is 20.4 Å². The molecule has 0 saturated carbocycles. The van der Waals surface area contributed by atoms with Gasteiger partial charge in [-0.25, -0.2) is 0 Å². The summed E-state index contributed by atoms with van der Waals surface area (Å²) in [5.74, 6) is 1.41. The molecule has 0 bridgehead atoms. The normalized spacial score (nSPS) is 13.1. The van der Waals surface area contributed by atoms with Crippen molar-refractivity contribution >= 4 is 20.4 Å². The maximum absolute atomic E-state index is 14.1. The molecule has 5 nitrogen and oxygen atoms in total. The molecule has 0 aliphatic carbocycles. The van der Waals surface area contributed by atoms with Gasteiger partial charge in [0.05, 0.1) is 25.0 Å². The fraction of sp³-hybridized carbons (Fsp3) is 0.294. The van der Waals surface area contributed by atoms with Crippen LogP contribution in [0.4, 0.5) is 0 Å². The highest BCUT2D eigenvalue weighted by atomic mass is 32.3. The Kier molecular flexibility index (Phi) is 8.65. The molecule has 0 atom stereocenters. The highest BCUT2D eigenvalue weighted by molar-refractivity contribution is 8.32. The van der Waals surface area contributed by atoms with Gasteiger partial charge in [-0.15, -0.1) is 8.42 Å². The third-order valence-corrected chi connectivity index (χ3v) is 11.5. The largest absolute Gasteiger partial charge is 0.488 e. The smallest absolute Gasteiger partial charge is 0.422 e. The quantitative estimate of drug-likeness (QED) is 0.151. The van der Waals surface area contributed by atoms with Gasteiger partial charge in [-0.05, 0) is 128 Å². The third kappa shape index (κ3) is 7.53. The van der Waals surface area contributed by atoms with Crippen LogP contribution in [-0.2, 0) is 10.1 Å². The van der Waals surface area contributed by atoms with Gasteiger partial charge in [-0.2, -0.15) is 0 Å². The minimum absolute atomic E-state index is 0.160. The molecule has 0 unspecified atom stereocenters. The SMILES string of the molecule is Cc1ccc(S([OH+]S(=O)(=O)c2ccc(C)cc2)(c2ccc(OC(C)(C)C)cc2)c2ccc(OC(C)(C)C)cc2)cc1. The highest BCUT2D eigenvalue weighted by Gasteiger charge is 2.43. The lowest BCUT2D eigenvalue weighted by molar-refractivity contribution is 0.130. The molecule has 4 rings (SSSR count). The maximum atomic E-state index is 14.1. The summed E-state index contributed by atoms with van der Waals surface area (Å²) >= 11 is 0. The van der Waals surface area contributed by atoms with Crippen LogP contribution in [0.1, 0.15) is 52.7 Å².